The summed E-state index contributed by atoms with van der Waals surface area (Å²) in [5.74, 6) is 5.82. The summed E-state index contributed by atoms with van der Waals surface area (Å²) >= 11 is 0. The minimum absolute atomic E-state index is 0.0104. The molecule has 2 aliphatic rings. The van der Waals surface area contributed by atoms with Gasteiger partial charge in [0.05, 0.1) is 40.6 Å². The van der Waals surface area contributed by atoms with E-state index in [0.29, 0.717) is 47.5 Å². The maximum absolute atomic E-state index is 13.2. The van der Waals surface area contributed by atoms with E-state index in [4.69, 9.17) is 4.74 Å². The van der Waals surface area contributed by atoms with Crippen LogP contribution >= 0.6 is 0 Å². The van der Waals surface area contributed by atoms with Crippen LogP contribution in [0, 0.1) is 11.8 Å². The van der Waals surface area contributed by atoms with Gasteiger partial charge in [0, 0.05) is 49.9 Å². The molecule has 4 N–H and O–H groups in total. The molecule has 0 spiro atoms. The molecule has 1 saturated carbocycles. The van der Waals surface area contributed by atoms with Gasteiger partial charge in [-0.3, -0.25) is 38.8 Å². The van der Waals surface area contributed by atoms with E-state index in [1.165, 1.54) is 15.3 Å². The Bertz CT molecular complexity index is 2410. The van der Waals surface area contributed by atoms with Crippen LogP contribution in [0.3, 0.4) is 0 Å². The second-order valence-corrected chi connectivity index (χ2v) is 14.7. The van der Waals surface area contributed by atoms with Crippen LogP contribution in [0.5, 0.6) is 0 Å². The lowest BCUT2D eigenvalue weighted by Crippen LogP contribution is -2.44. The number of imide groups is 1. The number of anilines is 1. The summed E-state index contributed by atoms with van der Waals surface area (Å²) in [6, 6.07) is 14.4. The fourth-order valence-electron chi connectivity index (χ4n) is 7.29. The van der Waals surface area contributed by atoms with Gasteiger partial charge in [-0.2, -0.15) is 10.2 Å². The van der Waals surface area contributed by atoms with E-state index in [9.17, 15) is 24.0 Å². The zero-order chi connectivity index (χ0) is 39.5. The Morgan fingerprint density at radius 1 is 1.09 bits per heavy atom. The van der Waals surface area contributed by atoms with Crippen molar-refractivity contribution < 1.29 is 23.9 Å². The molecular formula is C40H44N10O6. The van der Waals surface area contributed by atoms with E-state index in [1.54, 1.807) is 24.0 Å². The number of amides is 4. The van der Waals surface area contributed by atoms with Crippen LogP contribution in [0.25, 0.3) is 16.7 Å². The number of H-pyrrole nitrogens is 1. The number of rotatable bonds is 10. The fraction of sp³-hybridized carbons (Fsp3) is 0.375. The number of hydrogen-bond acceptors (Lipinski definition) is 9. The lowest BCUT2D eigenvalue weighted by atomic mass is 10.0. The van der Waals surface area contributed by atoms with Crippen molar-refractivity contribution >= 4 is 40.7 Å². The standard InChI is InChI=1S/C40H44N10O6/c1-24(2)42-39(54)56-30-15-12-27(19-30)31-20-34(46-45-31)43-37(52)28-21-41-49(23-28)29-13-10-25(11-14-29)22-47(3)18-6-8-26-7-5-9-32-36(26)48(4)40(55)50(32)33-16-17-35(51)44-38(33)53/h5,7,9-11,13-14,20-21,23-24,27,30,33H,12,15-19,22H2,1-4H3,(H,42,54)(H,44,51,53)(H2,43,45,46,52)/t27-,30+,33?/m0/s1. The highest BCUT2D eigenvalue weighted by Crippen LogP contribution is 2.36. The number of fused-ring (bicyclic) bond motifs is 1. The average molecular weight is 761 g/mol. The van der Waals surface area contributed by atoms with Crippen molar-refractivity contribution in [1.29, 1.82) is 0 Å². The topological polar surface area (TPSA) is 190 Å². The number of nitrogens with one attached hydrogen (secondary N) is 4. The number of benzene rings is 2. The highest BCUT2D eigenvalue weighted by molar-refractivity contribution is 6.03. The normalized spacial score (nSPS) is 18.2. The van der Waals surface area contributed by atoms with E-state index in [0.717, 1.165) is 29.8 Å². The zero-order valence-corrected chi connectivity index (χ0v) is 31.7. The zero-order valence-electron chi connectivity index (χ0n) is 31.7. The summed E-state index contributed by atoms with van der Waals surface area (Å²) in [6.07, 6.45) is 5.33. The Kier molecular flexibility index (Phi) is 10.9. The van der Waals surface area contributed by atoms with Crippen LogP contribution in [-0.4, -0.2) is 83.6 Å². The molecule has 2 aromatic carbocycles. The van der Waals surface area contributed by atoms with Crippen molar-refractivity contribution in [2.75, 3.05) is 18.9 Å². The fourth-order valence-corrected chi connectivity index (χ4v) is 7.29. The van der Waals surface area contributed by atoms with Gasteiger partial charge in [0.15, 0.2) is 5.82 Å². The molecule has 3 aromatic heterocycles. The van der Waals surface area contributed by atoms with Gasteiger partial charge in [0.1, 0.15) is 12.1 Å². The third kappa shape index (κ3) is 8.27. The van der Waals surface area contributed by atoms with Crippen molar-refractivity contribution in [2.45, 2.75) is 76.6 Å². The minimum Gasteiger partial charge on any atom is -0.446 e. The van der Waals surface area contributed by atoms with Crippen molar-refractivity contribution in [3.63, 3.8) is 0 Å². The molecule has 1 aliphatic carbocycles. The van der Waals surface area contributed by atoms with Crippen molar-refractivity contribution in [2.24, 2.45) is 7.05 Å². The smallest absolute Gasteiger partial charge is 0.407 e. The number of imidazole rings is 1. The predicted octanol–water partition coefficient (Wildman–Crippen LogP) is 3.73. The number of aryl methyl sites for hydroxylation is 1. The summed E-state index contributed by atoms with van der Waals surface area (Å²) in [7, 11) is 3.62. The number of carbonyl (C=O) groups is 4. The van der Waals surface area contributed by atoms with Gasteiger partial charge in [0.2, 0.25) is 11.8 Å². The molecule has 7 rings (SSSR count). The summed E-state index contributed by atoms with van der Waals surface area (Å²) in [5.41, 5.74) is 4.68. The first kappa shape index (κ1) is 37.8. The Balaban J connectivity index is 0.922. The summed E-state index contributed by atoms with van der Waals surface area (Å²) in [5, 5.41) is 19.6. The van der Waals surface area contributed by atoms with Gasteiger partial charge in [-0.1, -0.05) is 30.0 Å². The maximum Gasteiger partial charge on any atom is 0.407 e. The number of aromatic nitrogens is 6. The van der Waals surface area contributed by atoms with Gasteiger partial charge in [0.25, 0.3) is 5.91 Å². The molecule has 1 aliphatic heterocycles. The third-order valence-corrected chi connectivity index (χ3v) is 10.0. The van der Waals surface area contributed by atoms with Gasteiger partial charge < -0.3 is 15.4 Å². The summed E-state index contributed by atoms with van der Waals surface area (Å²) < 4.78 is 10.1. The van der Waals surface area contributed by atoms with Crippen LogP contribution < -0.4 is 21.6 Å². The number of aromatic amines is 1. The largest absolute Gasteiger partial charge is 0.446 e. The number of hydrogen-bond donors (Lipinski definition) is 4. The Hall–Kier alpha value is -6.47. The van der Waals surface area contributed by atoms with Crippen LogP contribution in [0.4, 0.5) is 10.6 Å². The number of alkyl carbamates (subject to hydrolysis) is 1. The van der Waals surface area contributed by atoms with E-state index in [1.807, 2.05) is 63.4 Å². The van der Waals surface area contributed by atoms with Gasteiger partial charge in [-0.05, 0) is 76.4 Å². The highest BCUT2D eigenvalue weighted by Gasteiger charge is 2.32. The molecule has 1 unspecified atom stereocenters. The van der Waals surface area contributed by atoms with Crippen molar-refractivity contribution in [3.8, 4) is 17.5 Å². The quantitative estimate of drug-likeness (QED) is 0.121. The summed E-state index contributed by atoms with van der Waals surface area (Å²) in [4.78, 5) is 64.6. The predicted molar refractivity (Wildman–Crippen MR) is 207 cm³/mol. The van der Waals surface area contributed by atoms with E-state index >= 15 is 0 Å². The van der Waals surface area contributed by atoms with E-state index < -0.39 is 18.0 Å². The number of carbonyl (C=O) groups excluding carboxylic acids is 4. The van der Waals surface area contributed by atoms with Crippen LogP contribution in [-0.2, 0) is 27.9 Å². The molecule has 2 fully saturated rings. The number of ether oxygens (including phenoxy) is 1. The SMILES string of the molecule is CC(C)NC(=O)O[C@@H]1CC[C@H](c2cc(NC(=O)c3cnn(-c4ccc(CN(C)CC#Cc5cccc6c5n(C)c(=O)n6C5CCC(=O)NC5=O)cc4)c3)n[nH]2)C1. The number of para-hydroxylation sites is 1. The molecule has 0 radical (unpaired) electrons. The third-order valence-electron chi connectivity index (χ3n) is 10.0. The first-order valence-electron chi connectivity index (χ1n) is 18.6. The number of nitrogens with zero attached hydrogens (tertiary/aromatic N) is 6. The Labute approximate surface area is 322 Å². The molecular weight excluding hydrogens is 717 g/mol. The van der Waals surface area contributed by atoms with Crippen LogP contribution in [0.15, 0.2) is 65.7 Å². The van der Waals surface area contributed by atoms with Crippen molar-refractivity contribution in [3.05, 3.63) is 93.8 Å². The van der Waals surface area contributed by atoms with Gasteiger partial charge >= 0.3 is 11.8 Å². The average Bonchev–Trinajstić information content (AvgIpc) is 3.97. The van der Waals surface area contributed by atoms with Crippen LogP contribution in [0.2, 0.25) is 0 Å². The lowest BCUT2D eigenvalue weighted by Gasteiger charge is -2.21. The first-order valence-corrected chi connectivity index (χ1v) is 18.6. The monoisotopic (exact) mass is 760 g/mol. The first-order chi connectivity index (χ1) is 26.9. The molecule has 16 heteroatoms. The molecule has 1 saturated heterocycles. The number of piperidine rings is 1. The summed E-state index contributed by atoms with van der Waals surface area (Å²) in [6.45, 7) is 4.86. The van der Waals surface area contributed by atoms with Crippen LogP contribution in [0.1, 0.15) is 85.1 Å². The maximum atomic E-state index is 13.2. The molecule has 3 atom stereocenters. The lowest BCUT2D eigenvalue weighted by molar-refractivity contribution is -0.135. The van der Waals surface area contributed by atoms with E-state index in [2.05, 4.69) is 48.0 Å². The van der Waals surface area contributed by atoms with E-state index in [-0.39, 0.29) is 48.4 Å². The second-order valence-electron chi connectivity index (χ2n) is 14.7. The molecule has 4 heterocycles. The second kappa shape index (κ2) is 16.1. The molecule has 0 bridgehead atoms. The molecule has 290 valence electrons. The molecule has 16 nitrogen and oxygen atoms in total. The molecule has 4 amide bonds. The Morgan fingerprint density at radius 2 is 1.89 bits per heavy atom. The molecule has 56 heavy (non-hydrogen) atoms. The highest BCUT2D eigenvalue weighted by atomic mass is 16.6. The molecule has 5 aromatic rings. The minimum atomic E-state index is -0.758. The van der Waals surface area contributed by atoms with Crippen molar-refractivity contribution in [1.82, 2.24) is 44.6 Å². The Morgan fingerprint density at radius 3 is 2.66 bits per heavy atom. The van der Waals surface area contributed by atoms with Gasteiger partial charge in [-0.15, -0.1) is 0 Å². The van der Waals surface area contributed by atoms with Gasteiger partial charge in [-0.25, -0.2) is 14.3 Å².